The molecule has 0 radical (unpaired) electrons. The van der Waals surface area contributed by atoms with Crippen LogP contribution in [0.3, 0.4) is 0 Å². The highest BCUT2D eigenvalue weighted by molar-refractivity contribution is 5.76. The molecule has 0 atom stereocenters. The molecular weight excluding hydrogens is 188 g/mol. The number of hydrogen-bond donors (Lipinski definition) is 2. The van der Waals surface area contributed by atoms with Crippen molar-refractivity contribution in [1.82, 2.24) is 10.6 Å². The van der Waals surface area contributed by atoms with Crippen LogP contribution in [0.15, 0.2) is 0 Å². The molecule has 0 spiro atoms. The van der Waals surface area contributed by atoms with Gasteiger partial charge in [-0.1, -0.05) is 34.6 Å². The van der Waals surface area contributed by atoms with Crippen molar-refractivity contribution in [3.05, 3.63) is 0 Å². The highest BCUT2D eigenvalue weighted by Crippen LogP contribution is 2.17. The highest BCUT2D eigenvalue weighted by atomic mass is 16.1. The maximum atomic E-state index is 11.4. The average Bonchev–Trinajstić information content (AvgIpc) is 1.99. The van der Waals surface area contributed by atoms with Gasteiger partial charge in [-0.25, -0.2) is 0 Å². The largest absolute Gasteiger partial charge is 0.356 e. The summed E-state index contributed by atoms with van der Waals surface area (Å²) in [6.45, 7) is 12.2. The van der Waals surface area contributed by atoms with Crippen molar-refractivity contribution in [2.45, 2.75) is 53.5 Å². The van der Waals surface area contributed by atoms with Crippen LogP contribution < -0.4 is 10.6 Å². The molecule has 0 aliphatic carbocycles. The smallest absolute Gasteiger partial charge is 0.220 e. The first kappa shape index (κ1) is 14.4. The van der Waals surface area contributed by atoms with Gasteiger partial charge in [-0.2, -0.15) is 0 Å². The summed E-state index contributed by atoms with van der Waals surface area (Å²) in [5.41, 5.74) is 0.0836. The number of carbonyl (C=O) groups excluding carboxylic acids is 1. The maximum absolute atomic E-state index is 11.4. The second-order valence-corrected chi connectivity index (χ2v) is 5.55. The van der Waals surface area contributed by atoms with Crippen LogP contribution in [-0.2, 0) is 4.79 Å². The molecule has 90 valence electrons. The lowest BCUT2D eigenvalue weighted by Crippen LogP contribution is -2.31. The summed E-state index contributed by atoms with van der Waals surface area (Å²) in [7, 11) is 0. The monoisotopic (exact) mass is 214 g/mol. The minimum atomic E-state index is 0.0836. The van der Waals surface area contributed by atoms with Crippen molar-refractivity contribution in [3.8, 4) is 0 Å². The molecule has 1 amide bonds. The molecule has 0 heterocycles. The Hall–Kier alpha value is -0.570. The fourth-order valence-corrected chi connectivity index (χ4v) is 1.25. The summed E-state index contributed by atoms with van der Waals surface area (Å²) in [6.07, 6.45) is 1.60. The molecule has 15 heavy (non-hydrogen) atoms. The van der Waals surface area contributed by atoms with Gasteiger partial charge in [0.2, 0.25) is 5.91 Å². The van der Waals surface area contributed by atoms with Crippen LogP contribution >= 0.6 is 0 Å². The molecule has 0 unspecified atom stereocenters. The highest BCUT2D eigenvalue weighted by Gasteiger charge is 2.14. The second kappa shape index (κ2) is 6.83. The Morgan fingerprint density at radius 1 is 1.20 bits per heavy atom. The van der Waals surface area contributed by atoms with E-state index in [1.54, 1.807) is 0 Å². The number of nitrogens with one attached hydrogen (secondary N) is 2. The van der Waals surface area contributed by atoms with Crippen molar-refractivity contribution in [1.29, 1.82) is 0 Å². The van der Waals surface area contributed by atoms with Crippen molar-refractivity contribution in [2.24, 2.45) is 5.41 Å². The van der Waals surface area contributed by atoms with Gasteiger partial charge in [0.1, 0.15) is 0 Å². The Morgan fingerprint density at radius 2 is 1.80 bits per heavy atom. The Labute approximate surface area is 94.0 Å². The molecule has 0 aromatic rings. The van der Waals surface area contributed by atoms with E-state index in [-0.39, 0.29) is 11.3 Å². The normalized spacial score (nSPS) is 11.9. The molecule has 0 aliphatic heterocycles. The van der Waals surface area contributed by atoms with Crippen LogP contribution in [0.2, 0.25) is 0 Å². The minimum Gasteiger partial charge on any atom is -0.356 e. The molecule has 3 heteroatoms. The number of rotatable bonds is 6. The Kier molecular flexibility index (Phi) is 6.57. The third-order valence-electron chi connectivity index (χ3n) is 1.92. The Balaban J connectivity index is 3.40. The average molecular weight is 214 g/mol. The molecule has 0 aromatic carbocycles. The van der Waals surface area contributed by atoms with Crippen LogP contribution in [-0.4, -0.2) is 25.0 Å². The van der Waals surface area contributed by atoms with E-state index in [2.05, 4.69) is 45.3 Å². The van der Waals surface area contributed by atoms with Gasteiger partial charge in [0.25, 0.3) is 0 Å². The van der Waals surface area contributed by atoms with E-state index in [1.165, 1.54) is 0 Å². The topological polar surface area (TPSA) is 41.1 Å². The predicted octanol–water partition coefficient (Wildman–Crippen LogP) is 1.93. The summed E-state index contributed by atoms with van der Waals surface area (Å²) in [4.78, 5) is 11.4. The van der Waals surface area contributed by atoms with Gasteiger partial charge < -0.3 is 10.6 Å². The molecule has 0 rings (SSSR count). The van der Waals surface area contributed by atoms with E-state index in [4.69, 9.17) is 0 Å². The van der Waals surface area contributed by atoms with Crippen LogP contribution in [0, 0.1) is 5.41 Å². The SMILES string of the molecule is CC(C)NCCCNC(=O)CC(C)(C)C. The van der Waals surface area contributed by atoms with Gasteiger partial charge >= 0.3 is 0 Å². The molecule has 0 saturated carbocycles. The van der Waals surface area contributed by atoms with Crippen molar-refractivity contribution < 1.29 is 4.79 Å². The third-order valence-corrected chi connectivity index (χ3v) is 1.92. The Morgan fingerprint density at radius 3 is 2.27 bits per heavy atom. The first-order valence-electron chi connectivity index (χ1n) is 5.81. The molecular formula is C12H26N2O. The van der Waals surface area contributed by atoms with E-state index >= 15 is 0 Å². The van der Waals surface area contributed by atoms with E-state index in [9.17, 15) is 4.79 Å². The zero-order chi connectivity index (χ0) is 11.9. The summed E-state index contributed by atoms with van der Waals surface area (Å²) < 4.78 is 0. The van der Waals surface area contributed by atoms with E-state index < -0.39 is 0 Å². The molecule has 0 saturated heterocycles. The minimum absolute atomic E-state index is 0.0836. The third kappa shape index (κ3) is 11.4. The van der Waals surface area contributed by atoms with E-state index in [0.717, 1.165) is 19.5 Å². The number of carbonyl (C=O) groups is 1. The molecule has 2 N–H and O–H groups in total. The summed E-state index contributed by atoms with van der Waals surface area (Å²) in [5.74, 6) is 0.159. The van der Waals surface area contributed by atoms with Crippen molar-refractivity contribution in [3.63, 3.8) is 0 Å². The predicted molar refractivity (Wildman–Crippen MR) is 64.8 cm³/mol. The number of hydrogen-bond acceptors (Lipinski definition) is 2. The van der Waals surface area contributed by atoms with Gasteiger partial charge in [-0.3, -0.25) is 4.79 Å². The van der Waals surface area contributed by atoms with Crippen molar-refractivity contribution in [2.75, 3.05) is 13.1 Å². The summed E-state index contributed by atoms with van der Waals surface area (Å²) >= 11 is 0. The van der Waals surface area contributed by atoms with Gasteiger partial charge in [0, 0.05) is 19.0 Å². The fraction of sp³-hybridized carbons (Fsp3) is 0.917. The lowest BCUT2D eigenvalue weighted by Gasteiger charge is -2.17. The first-order chi connectivity index (χ1) is 6.81. The van der Waals surface area contributed by atoms with Crippen LogP contribution in [0.4, 0.5) is 0 Å². The number of amides is 1. The van der Waals surface area contributed by atoms with Gasteiger partial charge in [-0.15, -0.1) is 0 Å². The lowest BCUT2D eigenvalue weighted by molar-refractivity contribution is -0.122. The standard InChI is InChI=1S/C12H26N2O/c1-10(2)13-7-6-8-14-11(15)9-12(3,4)5/h10,13H,6-9H2,1-5H3,(H,14,15). The molecule has 0 fully saturated rings. The lowest BCUT2D eigenvalue weighted by atomic mass is 9.92. The van der Waals surface area contributed by atoms with Gasteiger partial charge in [0.05, 0.1) is 0 Å². The molecule has 0 bridgehead atoms. The van der Waals surface area contributed by atoms with Crippen LogP contribution in [0.25, 0.3) is 0 Å². The zero-order valence-electron chi connectivity index (χ0n) is 10.8. The second-order valence-electron chi connectivity index (χ2n) is 5.55. The van der Waals surface area contributed by atoms with Gasteiger partial charge in [-0.05, 0) is 18.4 Å². The van der Waals surface area contributed by atoms with Crippen molar-refractivity contribution >= 4 is 5.91 Å². The summed E-state index contributed by atoms with van der Waals surface area (Å²) in [6, 6.07) is 0.523. The van der Waals surface area contributed by atoms with Crippen LogP contribution in [0.1, 0.15) is 47.5 Å². The first-order valence-corrected chi connectivity index (χ1v) is 5.81. The summed E-state index contributed by atoms with van der Waals surface area (Å²) in [5, 5.41) is 6.25. The fourth-order valence-electron chi connectivity index (χ4n) is 1.25. The Bertz CT molecular complexity index is 183. The zero-order valence-corrected chi connectivity index (χ0v) is 10.8. The quantitative estimate of drug-likeness (QED) is 0.663. The van der Waals surface area contributed by atoms with Crippen LogP contribution in [0.5, 0.6) is 0 Å². The molecule has 0 aliphatic rings. The molecule has 3 nitrogen and oxygen atoms in total. The molecule has 0 aromatic heterocycles. The van der Waals surface area contributed by atoms with E-state index in [0.29, 0.717) is 12.5 Å². The maximum Gasteiger partial charge on any atom is 0.220 e. The van der Waals surface area contributed by atoms with Gasteiger partial charge in [0.15, 0.2) is 0 Å². The van der Waals surface area contributed by atoms with E-state index in [1.807, 2.05) is 0 Å².